The molecule has 0 aliphatic rings. The number of rotatable bonds is 4. The lowest BCUT2D eigenvalue weighted by atomic mass is 10.1. The number of benzene rings is 1. The van der Waals surface area contributed by atoms with Crippen molar-refractivity contribution in [2.45, 2.75) is 20.3 Å². The van der Waals surface area contributed by atoms with E-state index < -0.39 is 5.91 Å². The number of amides is 1. The Morgan fingerprint density at radius 2 is 1.91 bits per heavy atom. The van der Waals surface area contributed by atoms with Crippen LogP contribution in [0.4, 0.5) is 0 Å². The van der Waals surface area contributed by atoms with Crippen molar-refractivity contribution in [3.8, 4) is 5.69 Å². The van der Waals surface area contributed by atoms with Gasteiger partial charge >= 0.3 is 0 Å². The largest absolute Gasteiger partial charge is 0.364 e. The van der Waals surface area contributed by atoms with Gasteiger partial charge in [0.05, 0.1) is 16.9 Å². The van der Waals surface area contributed by atoms with E-state index in [4.69, 9.17) is 17.3 Å². The van der Waals surface area contributed by atoms with Crippen LogP contribution in [0.3, 0.4) is 0 Å². The van der Waals surface area contributed by atoms with Gasteiger partial charge in [-0.25, -0.2) is 9.67 Å². The van der Waals surface area contributed by atoms with Gasteiger partial charge in [-0.1, -0.05) is 25.4 Å². The third kappa shape index (κ3) is 3.05. The van der Waals surface area contributed by atoms with Crippen molar-refractivity contribution in [1.29, 1.82) is 0 Å². The number of pyridine rings is 1. The summed E-state index contributed by atoms with van der Waals surface area (Å²) in [5, 5.41) is 5.36. The molecule has 0 bridgehead atoms. The monoisotopic (exact) mass is 328 g/mol. The first-order chi connectivity index (χ1) is 11.0. The first-order valence-corrected chi connectivity index (χ1v) is 7.78. The third-order valence-electron chi connectivity index (χ3n) is 3.52. The second kappa shape index (κ2) is 6.01. The van der Waals surface area contributed by atoms with Crippen molar-refractivity contribution >= 4 is 28.5 Å². The van der Waals surface area contributed by atoms with E-state index in [0.29, 0.717) is 16.5 Å². The minimum absolute atomic E-state index is 0.248. The molecule has 1 amide bonds. The Morgan fingerprint density at radius 3 is 2.52 bits per heavy atom. The molecule has 5 nitrogen and oxygen atoms in total. The number of hydrogen-bond acceptors (Lipinski definition) is 3. The van der Waals surface area contributed by atoms with Crippen molar-refractivity contribution in [3.05, 3.63) is 52.8 Å². The van der Waals surface area contributed by atoms with Crippen molar-refractivity contribution in [2.75, 3.05) is 0 Å². The van der Waals surface area contributed by atoms with Crippen LogP contribution < -0.4 is 5.73 Å². The Morgan fingerprint density at radius 1 is 1.22 bits per heavy atom. The van der Waals surface area contributed by atoms with E-state index in [1.54, 1.807) is 6.07 Å². The van der Waals surface area contributed by atoms with E-state index in [1.165, 1.54) is 0 Å². The SMILES string of the molecule is CC(C)Cc1nn(-c2ccc(Cl)cc2)c2ccc(C(N)=O)nc12. The van der Waals surface area contributed by atoms with Gasteiger partial charge < -0.3 is 5.73 Å². The second-order valence-corrected chi connectivity index (χ2v) is 6.30. The Kier molecular flexibility index (Phi) is 4.05. The molecule has 0 atom stereocenters. The number of halogens is 1. The molecule has 118 valence electrons. The van der Waals surface area contributed by atoms with Crippen LogP contribution in [0.5, 0.6) is 0 Å². The van der Waals surface area contributed by atoms with E-state index in [0.717, 1.165) is 23.3 Å². The molecule has 3 aromatic rings. The van der Waals surface area contributed by atoms with E-state index in [9.17, 15) is 4.79 Å². The summed E-state index contributed by atoms with van der Waals surface area (Å²) < 4.78 is 1.82. The van der Waals surface area contributed by atoms with Crippen LogP contribution in [0.2, 0.25) is 5.02 Å². The van der Waals surface area contributed by atoms with Crippen molar-refractivity contribution in [3.63, 3.8) is 0 Å². The number of aromatic nitrogens is 3. The second-order valence-electron chi connectivity index (χ2n) is 5.86. The van der Waals surface area contributed by atoms with Gasteiger partial charge in [0, 0.05) is 5.02 Å². The molecule has 6 heteroatoms. The van der Waals surface area contributed by atoms with Gasteiger partial charge in [-0.3, -0.25) is 4.79 Å². The maximum atomic E-state index is 11.4. The highest BCUT2D eigenvalue weighted by Gasteiger charge is 2.16. The molecule has 0 unspecified atom stereocenters. The molecule has 0 aliphatic carbocycles. The molecule has 2 N–H and O–H groups in total. The lowest BCUT2D eigenvalue weighted by Crippen LogP contribution is -2.13. The zero-order valence-electron chi connectivity index (χ0n) is 13.0. The number of carbonyl (C=O) groups excluding carboxylic acids is 1. The number of fused-ring (bicyclic) bond motifs is 1. The summed E-state index contributed by atoms with van der Waals surface area (Å²) in [6, 6.07) is 10.9. The third-order valence-corrected chi connectivity index (χ3v) is 3.77. The maximum absolute atomic E-state index is 11.4. The first kappa shape index (κ1) is 15.5. The molecule has 0 spiro atoms. The molecule has 2 aromatic heterocycles. The van der Waals surface area contributed by atoms with Gasteiger partial charge in [0.25, 0.3) is 5.91 Å². The van der Waals surface area contributed by atoms with Crippen LogP contribution in [-0.4, -0.2) is 20.7 Å². The number of carbonyl (C=O) groups is 1. The van der Waals surface area contributed by atoms with Gasteiger partial charge in [-0.15, -0.1) is 0 Å². The van der Waals surface area contributed by atoms with Crippen LogP contribution in [0.1, 0.15) is 30.0 Å². The first-order valence-electron chi connectivity index (χ1n) is 7.40. The summed E-state index contributed by atoms with van der Waals surface area (Å²) >= 11 is 5.95. The summed E-state index contributed by atoms with van der Waals surface area (Å²) in [4.78, 5) is 15.8. The highest BCUT2D eigenvalue weighted by Crippen LogP contribution is 2.24. The van der Waals surface area contributed by atoms with Crippen LogP contribution in [0, 0.1) is 5.92 Å². The zero-order valence-corrected chi connectivity index (χ0v) is 13.7. The molecule has 0 radical (unpaired) electrons. The fourth-order valence-corrected chi connectivity index (χ4v) is 2.62. The van der Waals surface area contributed by atoms with E-state index in [-0.39, 0.29) is 5.69 Å². The molecule has 23 heavy (non-hydrogen) atoms. The predicted octanol–water partition coefficient (Wildman–Crippen LogP) is 3.37. The summed E-state index contributed by atoms with van der Waals surface area (Å²) in [7, 11) is 0. The maximum Gasteiger partial charge on any atom is 0.267 e. The standard InChI is InChI=1S/C17H17ClN4O/c1-10(2)9-14-16-15(8-7-13(20-16)17(19)23)22(21-14)12-5-3-11(18)4-6-12/h3-8,10H,9H2,1-2H3,(H2,19,23). The molecule has 0 saturated carbocycles. The molecule has 3 rings (SSSR count). The molecule has 1 aromatic carbocycles. The lowest BCUT2D eigenvalue weighted by molar-refractivity contribution is 0.0996. The predicted molar refractivity (Wildman–Crippen MR) is 90.9 cm³/mol. The average molecular weight is 329 g/mol. The molecule has 2 heterocycles. The van der Waals surface area contributed by atoms with E-state index >= 15 is 0 Å². The normalized spacial score (nSPS) is 11.3. The smallest absolute Gasteiger partial charge is 0.267 e. The van der Waals surface area contributed by atoms with Gasteiger partial charge in [0.1, 0.15) is 11.2 Å². The van der Waals surface area contributed by atoms with E-state index in [1.807, 2.05) is 35.0 Å². The van der Waals surface area contributed by atoms with Crippen molar-refractivity contribution < 1.29 is 4.79 Å². The van der Waals surface area contributed by atoms with Gasteiger partial charge in [-0.05, 0) is 48.7 Å². The lowest BCUT2D eigenvalue weighted by Gasteiger charge is -2.03. The van der Waals surface area contributed by atoms with Crippen LogP contribution in [-0.2, 0) is 6.42 Å². The fraction of sp³-hybridized carbons (Fsp3) is 0.235. The number of nitrogens with two attached hydrogens (primary N) is 1. The van der Waals surface area contributed by atoms with Crippen molar-refractivity contribution in [2.24, 2.45) is 11.7 Å². The minimum atomic E-state index is -0.540. The van der Waals surface area contributed by atoms with Gasteiger partial charge in [-0.2, -0.15) is 5.10 Å². The van der Waals surface area contributed by atoms with Gasteiger partial charge in [0.15, 0.2) is 0 Å². The summed E-state index contributed by atoms with van der Waals surface area (Å²) in [5.74, 6) is -0.118. The van der Waals surface area contributed by atoms with Crippen LogP contribution in [0.15, 0.2) is 36.4 Å². The molecule has 0 fully saturated rings. The fourth-order valence-electron chi connectivity index (χ4n) is 2.50. The van der Waals surface area contributed by atoms with E-state index in [2.05, 4.69) is 23.9 Å². The summed E-state index contributed by atoms with van der Waals surface area (Å²) in [6.07, 6.45) is 0.770. The van der Waals surface area contributed by atoms with Gasteiger partial charge in [0.2, 0.25) is 0 Å². The minimum Gasteiger partial charge on any atom is -0.364 e. The number of primary amides is 1. The topological polar surface area (TPSA) is 73.8 Å². The average Bonchev–Trinajstić information content (AvgIpc) is 2.85. The highest BCUT2D eigenvalue weighted by molar-refractivity contribution is 6.30. The summed E-state index contributed by atoms with van der Waals surface area (Å²) in [6.45, 7) is 4.23. The summed E-state index contributed by atoms with van der Waals surface area (Å²) in [5.41, 5.74) is 8.90. The number of nitrogens with zero attached hydrogens (tertiary/aromatic N) is 3. The molecular formula is C17H17ClN4O. The van der Waals surface area contributed by atoms with Crippen LogP contribution in [0.25, 0.3) is 16.7 Å². The highest BCUT2D eigenvalue weighted by atomic mass is 35.5. The molecule has 0 saturated heterocycles. The Labute approximate surface area is 139 Å². The Balaban J connectivity index is 2.22. The van der Waals surface area contributed by atoms with Crippen LogP contribution >= 0.6 is 11.6 Å². The Hall–Kier alpha value is -2.40. The quantitative estimate of drug-likeness (QED) is 0.798. The molecule has 0 aliphatic heterocycles. The van der Waals surface area contributed by atoms with Crippen molar-refractivity contribution in [1.82, 2.24) is 14.8 Å². The Bertz CT molecular complexity index is 868. The zero-order chi connectivity index (χ0) is 16.6. The number of hydrogen-bond donors (Lipinski definition) is 1. The molecular weight excluding hydrogens is 312 g/mol.